The van der Waals surface area contributed by atoms with E-state index in [1.807, 2.05) is 20.8 Å². The van der Waals surface area contributed by atoms with Crippen molar-refractivity contribution >= 4 is 23.4 Å². The van der Waals surface area contributed by atoms with Gasteiger partial charge in [0, 0.05) is 29.2 Å². The van der Waals surface area contributed by atoms with E-state index in [0.717, 1.165) is 6.08 Å². The van der Waals surface area contributed by atoms with Crippen LogP contribution < -0.4 is 5.32 Å². The first-order valence-corrected chi connectivity index (χ1v) is 13.7. The average molecular weight is 552 g/mol. The summed E-state index contributed by atoms with van der Waals surface area (Å²) in [5.74, 6) is -4.19. The van der Waals surface area contributed by atoms with Crippen LogP contribution in [0, 0.1) is 24.7 Å². The third-order valence-electron chi connectivity index (χ3n) is 8.03. The number of allylic oxidation sites excluding steroid dienone is 2. The standard InChI is InChI=1S/C31H37NO8/c1-6-18-7-9-21(33)24(11-15(2)3)40-30(38)17(5)13-20-29(37)32-25-14-23(35)26-19(31(20,25)39)12-16(4)28(36)27(26)22(34)10-8-18/h7,9,12-15,18,20-21,24,33,36,39H,6,8,10-11H2,1-5H3,(H,32,37). The molecule has 0 radical (unpaired) electrons. The van der Waals surface area contributed by atoms with Crippen molar-refractivity contribution in [3.63, 3.8) is 0 Å². The number of phenols is 1. The molecule has 214 valence electrons. The van der Waals surface area contributed by atoms with Crippen LogP contribution in [0.4, 0.5) is 0 Å². The molecule has 2 aliphatic heterocycles. The first kappa shape index (κ1) is 29.4. The van der Waals surface area contributed by atoms with Crippen LogP contribution in [-0.4, -0.2) is 51.0 Å². The highest BCUT2D eigenvalue weighted by atomic mass is 16.6. The molecule has 1 aromatic rings. The predicted octanol–water partition coefficient (Wildman–Crippen LogP) is 3.54. The van der Waals surface area contributed by atoms with Crippen LogP contribution in [0.2, 0.25) is 0 Å². The number of aliphatic hydroxyl groups excluding tert-OH is 1. The van der Waals surface area contributed by atoms with Gasteiger partial charge in [0.25, 0.3) is 0 Å². The number of aromatic hydroxyl groups is 1. The summed E-state index contributed by atoms with van der Waals surface area (Å²) in [6, 6.07) is 1.40. The van der Waals surface area contributed by atoms with Crippen molar-refractivity contribution in [2.24, 2.45) is 17.8 Å². The molecule has 5 atom stereocenters. The molecule has 5 unspecified atom stereocenters. The van der Waals surface area contributed by atoms with Crippen molar-refractivity contribution < 1.29 is 39.2 Å². The Morgan fingerprint density at radius 3 is 2.48 bits per heavy atom. The zero-order valence-corrected chi connectivity index (χ0v) is 23.5. The highest BCUT2D eigenvalue weighted by molar-refractivity contribution is 6.17. The number of aryl methyl sites for hydroxylation is 1. The van der Waals surface area contributed by atoms with Gasteiger partial charge in [-0.05, 0) is 56.6 Å². The highest BCUT2D eigenvalue weighted by Gasteiger charge is 2.55. The number of cyclic esters (lactones) is 1. The number of aliphatic hydroxyl groups is 2. The normalized spacial score (nSPS) is 29.1. The van der Waals surface area contributed by atoms with E-state index in [4.69, 9.17) is 4.74 Å². The summed E-state index contributed by atoms with van der Waals surface area (Å²) >= 11 is 0. The second kappa shape index (κ2) is 11.1. The van der Waals surface area contributed by atoms with E-state index in [-0.39, 0.29) is 57.5 Å². The Hall–Kier alpha value is -3.56. The number of hydrogen-bond donors (Lipinski definition) is 4. The number of hydrogen-bond acceptors (Lipinski definition) is 8. The highest BCUT2D eigenvalue weighted by Crippen LogP contribution is 2.49. The average Bonchev–Trinajstić information content (AvgIpc) is 3.13. The first-order valence-electron chi connectivity index (χ1n) is 13.7. The Balaban J connectivity index is 1.93. The van der Waals surface area contributed by atoms with Crippen molar-refractivity contribution in [3.8, 4) is 5.75 Å². The summed E-state index contributed by atoms with van der Waals surface area (Å²) in [4.78, 5) is 53.1. The van der Waals surface area contributed by atoms with Crippen molar-refractivity contribution in [3.05, 3.63) is 63.9 Å². The third kappa shape index (κ3) is 5.15. The second-order valence-electron chi connectivity index (χ2n) is 11.4. The molecule has 4 rings (SSSR count). The minimum atomic E-state index is -2.09. The Morgan fingerprint density at radius 2 is 1.82 bits per heavy atom. The maximum absolute atomic E-state index is 13.5. The summed E-state index contributed by atoms with van der Waals surface area (Å²) in [6.07, 6.45) is 5.16. The third-order valence-corrected chi connectivity index (χ3v) is 8.03. The summed E-state index contributed by atoms with van der Waals surface area (Å²) in [5.41, 5.74) is -2.21. The van der Waals surface area contributed by atoms with Crippen LogP contribution in [0.1, 0.15) is 85.2 Å². The molecule has 9 heteroatoms. The monoisotopic (exact) mass is 551 g/mol. The summed E-state index contributed by atoms with van der Waals surface area (Å²) in [6.45, 7) is 8.81. The Bertz CT molecular complexity index is 1350. The van der Waals surface area contributed by atoms with E-state index in [1.165, 1.54) is 19.1 Å². The van der Waals surface area contributed by atoms with Crippen LogP contribution in [0.3, 0.4) is 0 Å². The van der Waals surface area contributed by atoms with Gasteiger partial charge in [0.1, 0.15) is 23.6 Å². The molecular formula is C31H37NO8. The minimum absolute atomic E-state index is 0.00525. The van der Waals surface area contributed by atoms with E-state index >= 15 is 0 Å². The number of ether oxygens (including phenoxy) is 1. The number of carbonyl (C=O) groups excluding carboxylic acids is 4. The van der Waals surface area contributed by atoms with Crippen molar-refractivity contribution in [2.75, 3.05) is 0 Å². The second-order valence-corrected chi connectivity index (χ2v) is 11.4. The molecule has 0 saturated carbocycles. The number of Topliss-reactive ketones (excluding diaryl/α,β-unsaturated/α-hetero) is 1. The largest absolute Gasteiger partial charge is 0.507 e. The lowest BCUT2D eigenvalue weighted by Gasteiger charge is -2.34. The molecule has 3 aliphatic rings. The maximum Gasteiger partial charge on any atom is 0.333 e. The Labute approximate surface area is 233 Å². The van der Waals surface area contributed by atoms with Gasteiger partial charge < -0.3 is 25.4 Å². The van der Waals surface area contributed by atoms with Gasteiger partial charge in [0.05, 0.1) is 17.2 Å². The van der Waals surface area contributed by atoms with Crippen LogP contribution in [0.5, 0.6) is 5.75 Å². The van der Waals surface area contributed by atoms with Crippen molar-refractivity contribution in [2.45, 2.75) is 78.1 Å². The Kier molecular flexibility index (Phi) is 8.19. The van der Waals surface area contributed by atoms with Crippen LogP contribution >= 0.6 is 0 Å². The van der Waals surface area contributed by atoms with Crippen molar-refractivity contribution in [1.82, 2.24) is 5.32 Å². The zero-order valence-electron chi connectivity index (χ0n) is 23.5. The van der Waals surface area contributed by atoms with Gasteiger partial charge in [-0.3, -0.25) is 14.4 Å². The number of ketones is 2. The minimum Gasteiger partial charge on any atom is -0.507 e. The zero-order chi connectivity index (χ0) is 29.5. The van der Waals surface area contributed by atoms with Gasteiger partial charge in [0.15, 0.2) is 11.6 Å². The number of rotatable bonds is 3. The number of amides is 1. The van der Waals surface area contributed by atoms with Crippen LogP contribution in [0.15, 0.2) is 41.6 Å². The Morgan fingerprint density at radius 1 is 1.12 bits per heavy atom. The van der Waals surface area contributed by atoms with Gasteiger partial charge >= 0.3 is 5.97 Å². The van der Waals surface area contributed by atoms with Gasteiger partial charge in [0.2, 0.25) is 5.91 Å². The molecule has 40 heavy (non-hydrogen) atoms. The fourth-order valence-electron chi connectivity index (χ4n) is 5.70. The topological polar surface area (TPSA) is 150 Å². The van der Waals surface area contributed by atoms with E-state index in [0.29, 0.717) is 19.3 Å². The van der Waals surface area contributed by atoms with Crippen molar-refractivity contribution in [1.29, 1.82) is 0 Å². The fourth-order valence-corrected chi connectivity index (χ4v) is 5.70. The lowest BCUT2D eigenvalue weighted by Crippen LogP contribution is -2.39. The lowest BCUT2D eigenvalue weighted by molar-refractivity contribution is -0.149. The SMILES string of the molecule is CCC1C=CC(O)C(CC(C)C)OC(=O)C(C)=CC2C(=O)NC3=CC(=O)c4c(cc(C)c(O)c4C(=O)CC1)C32O. The van der Waals surface area contributed by atoms with Gasteiger partial charge in [-0.15, -0.1) is 0 Å². The molecule has 4 N–H and O–H groups in total. The molecule has 1 aliphatic carbocycles. The van der Waals surface area contributed by atoms with E-state index in [1.54, 1.807) is 19.1 Å². The summed E-state index contributed by atoms with van der Waals surface area (Å²) < 4.78 is 5.70. The molecule has 1 saturated heterocycles. The lowest BCUT2D eigenvalue weighted by atomic mass is 9.72. The summed E-state index contributed by atoms with van der Waals surface area (Å²) in [7, 11) is 0. The number of carbonyl (C=O) groups is 4. The van der Waals surface area contributed by atoms with Crippen LogP contribution in [-0.2, 0) is 19.9 Å². The van der Waals surface area contributed by atoms with E-state index < -0.39 is 47.2 Å². The quantitative estimate of drug-likeness (QED) is 0.329. The van der Waals surface area contributed by atoms with Gasteiger partial charge in [-0.2, -0.15) is 0 Å². The van der Waals surface area contributed by atoms with Gasteiger partial charge in [-0.25, -0.2) is 4.79 Å². The van der Waals surface area contributed by atoms with E-state index in [2.05, 4.69) is 5.32 Å². The maximum atomic E-state index is 13.5. The molecule has 4 bridgehead atoms. The fraction of sp³-hybridized carbons (Fsp3) is 0.484. The summed E-state index contributed by atoms with van der Waals surface area (Å²) in [5, 5.41) is 36.5. The molecule has 1 aromatic carbocycles. The molecule has 2 heterocycles. The van der Waals surface area contributed by atoms with Gasteiger partial charge in [-0.1, -0.05) is 39.0 Å². The molecular weight excluding hydrogens is 514 g/mol. The predicted molar refractivity (Wildman–Crippen MR) is 146 cm³/mol. The van der Waals surface area contributed by atoms with E-state index in [9.17, 15) is 34.5 Å². The molecule has 0 aromatic heterocycles. The number of benzene rings is 1. The number of esters is 1. The smallest absolute Gasteiger partial charge is 0.333 e. The first-order chi connectivity index (χ1) is 18.8. The molecule has 0 spiro atoms. The van der Waals surface area contributed by atoms with Crippen LogP contribution in [0.25, 0.3) is 0 Å². The molecule has 9 nitrogen and oxygen atoms in total. The number of nitrogens with one attached hydrogen (secondary N) is 1. The molecule has 1 fully saturated rings. The molecule has 1 amide bonds. The number of phenolic OH excluding ortho intramolecular Hbond substituents is 1.